The topological polar surface area (TPSA) is 117 Å². The zero-order valence-electron chi connectivity index (χ0n) is 17.1. The number of furan rings is 1. The zero-order chi connectivity index (χ0) is 23.2. The van der Waals surface area contributed by atoms with Gasteiger partial charge in [-0.25, -0.2) is 8.42 Å². The number of hydrogen-bond donors (Lipinski definition) is 1. The Morgan fingerprint density at radius 3 is 2.23 bits per heavy atom. The average molecular weight is 465 g/mol. The van der Waals surface area contributed by atoms with Crippen molar-refractivity contribution in [3.63, 3.8) is 0 Å². The van der Waals surface area contributed by atoms with Crippen LogP contribution in [0, 0.1) is 20.8 Å². The Bertz CT molecular complexity index is 1050. The van der Waals surface area contributed by atoms with Gasteiger partial charge in [-0.3, -0.25) is 4.79 Å². The molecule has 0 aliphatic carbocycles. The van der Waals surface area contributed by atoms with Crippen molar-refractivity contribution in [1.82, 2.24) is 14.4 Å². The number of aliphatic hydroxyl groups is 1. The molecular weight excluding hydrogens is 443 g/mol. The fourth-order valence-corrected chi connectivity index (χ4v) is 5.18. The first-order valence-corrected chi connectivity index (χ1v) is 10.8. The normalized spacial score (nSPS) is 18.2. The monoisotopic (exact) mass is 465 g/mol. The smallest absolute Gasteiger partial charge is 0.425 e. The van der Waals surface area contributed by atoms with Crippen molar-refractivity contribution < 1.29 is 40.4 Å². The Balaban J connectivity index is 1.73. The van der Waals surface area contributed by atoms with E-state index in [0.717, 1.165) is 15.3 Å². The van der Waals surface area contributed by atoms with E-state index in [-0.39, 0.29) is 48.3 Å². The summed E-state index contributed by atoms with van der Waals surface area (Å²) < 4.78 is 77.4. The minimum Gasteiger partial charge on any atom is -0.463 e. The van der Waals surface area contributed by atoms with Crippen LogP contribution < -0.4 is 0 Å². The molecule has 2 aromatic heterocycles. The van der Waals surface area contributed by atoms with Gasteiger partial charge in [-0.2, -0.15) is 17.5 Å². The number of amides is 1. The molecule has 1 aliphatic heterocycles. The Kier molecular flexibility index (Phi) is 5.97. The maximum absolute atomic E-state index is 13.6. The summed E-state index contributed by atoms with van der Waals surface area (Å²) in [6.45, 7) is 3.85. The highest BCUT2D eigenvalue weighted by Crippen LogP contribution is 2.42. The Hall–Kier alpha value is -2.38. The summed E-state index contributed by atoms with van der Waals surface area (Å²) in [4.78, 5) is 13.6. The number of sulfonamides is 1. The Morgan fingerprint density at radius 2 is 1.77 bits per heavy atom. The van der Waals surface area contributed by atoms with Crippen LogP contribution in [0.25, 0.3) is 0 Å². The number of nitrogens with zero attached hydrogens (tertiary/aromatic N) is 3. The van der Waals surface area contributed by atoms with Crippen LogP contribution in [0.3, 0.4) is 0 Å². The van der Waals surface area contributed by atoms with Crippen LogP contribution in [0.4, 0.5) is 13.2 Å². The number of piperazine rings is 1. The van der Waals surface area contributed by atoms with Gasteiger partial charge in [-0.05, 0) is 32.9 Å². The van der Waals surface area contributed by atoms with Crippen LogP contribution in [0.2, 0.25) is 0 Å². The number of rotatable bonds is 5. The molecule has 0 radical (unpaired) electrons. The zero-order valence-corrected chi connectivity index (χ0v) is 17.9. The molecule has 172 valence electrons. The van der Waals surface area contributed by atoms with Gasteiger partial charge in [0.2, 0.25) is 21.5 Å². The molecule has 1 atom stereocenters. The minimum atomic E-state index is -5.15. The van der Waals surface area contributed by atoms with Crippen molar-refractivity contribution in [2.75, 3.05) is 26.2 Å². The highest BCUT2D eigenvalue weighted by atomic mass is 32.2. The van der Waals surface area contributed by atoms with Crippen LogP contribution in [-0.2, 0) is 20.4 Å². The van der Waals surface area contributed by atoms with E-state index in [9.17, 15) is 31.5 Å². The minimum absolute atomic E-state index is 0.0630. The van der Waals surface area contributed by atoms with Crippen LogP contribution in [-0.4, -0.2) is 66.1 Å². The molecule has 0 spiro atoms. The predicted molar refractivity (Wildman–Crippen MR) is 99.3 cm³/mol. The number of hydrogen-bond acceptors (Lipinski definition) is 7. The van der Waals surface area contributed by atoms with Crippen molar-refractivity contribution in [3.8, 4) is 0 Å². The molecule has 0 saturated carbocycles. The van der Waals surface area contributed by atoms with Crippen molar-refractivity contribution in [2.24, 2.45) is 0 Å². The first-order valence-electron chi connectivity index (χ1n) is 9.34. The van der Waals surface area contributed by atoms with E-state index in [1.54, 1.807) is 0 Å². The van der Waals surface area contributed by atoms with E-state index in [2.05, 4.69) is 5.16 Å². The fraction of sp³-hybridized carbons (Fsp3) is 0.556. The highest BCUT2D eigenvalue weighted by molar-refractivity contribution is 7.89. The second-order valence-electron chi connectivity index (χ2n) is 7.38. The number of halogens is 3. The molecule has 1 aliphatic rings. The summed E-state index contributed by atoms with van der Waals surface area (Å²) in [5.74, 6) is -1.46. The number of alkyl halides is 3. The third-order valence-electron chi connectivity index (χ3n) is 5.18. The van der Waals surface area contributed by atoms with Gasteiger partial charge in [0.15, 0.2) is 5.76 Å². The van der Waals surface area contributed by atoms with Crippen molar-refractivity contribution >= 4 is 15.9 Å². The summed E-state index contributed by atoms with van der Waals surface area (Å²) >= 11 is 0. The van der Waals surface area contributed by atoms with Gasteiger partial charge in [0.05, 0.1) is 6.42 Å². The van der Waals surface area contributed by atoms with E-state index < -0.39 is 39.9 Å². The van der Waals surface area contributed by atoms with Crippen LogP contribution >= 0.6 is 0 Å². The molecule has 9 nitrogen and oxygen atoms in total. The maximum atomic E-state index is 13.6. The van der Waals surface area contributed by atoms with Gasteiger partial charge in [0.1, 0.15) is 22.1 Å². The molecule has 2 aromatic rings. The van der Waals surface area contributed by atoms with Gasteiger partial charge in [-0.15, -0.1) is 0 Å². The van der Waals surface area contributed by atoms with Crippen LogP contribution in [0.15, 0.2) is 26.0 Å². The quantitative estimate of drug-likeness (QED) is 0.716. The summed E-state index contributed by atoms with van der Waals surface area (Å²) in [6, 6.07) is 2.24. The van der Waals surface area contributed by atoms with Gasteiger partial charge in [0.25, 0.3) is 0 Å². The number of aryl methyl sites for hydroxylation is 3. The second kappa shape index (κ2) is 7.95. The summed E-state index contributed by atoms with van der Waals surface area (Å²) in [7, 11) is -3.93. The first kappa shape index (κ1) is 23.3. The molecule has 3 rings (SSSR count). The fourth-order valence-electron chi connectivity index (χ4n) is 3.46. The number of carbonyl (C=O) groups is 1. The summed E-state index contributed by atoms with van der Waals surface area (Å²) in [5.41, 5.74) is -3.29. The molecule has 0 bridgehead atoms. The maximum Gasteiger partial charge on any atom is 0.425 e. The molecule has 13 heteroatoms. The van der Waals surface area contributed by atoms with E-state index in [1.165, 1.54) is 26.8 Å². The molecule has 1 N–H and O–H groups in total. The molecule has 1 saturated heterocycles. The molecule has 31 heavy (non-hydrogen) atoms. The van der Waals surface area contributed by atoms with Crippen LogP contribution in [0.5, 0.6) is 0 Å². The first-order chi connectivity index (χ1) is 14.3. The van der Waals surface area contributed by atoms with Crippen molar-refractivity contribution in [2.45, 2.75) is 43.9 Å². The molecule has 0 unspecified atom stereocenters. The highest BCUT2D eigenvalue weighted by Gasteiger charge is 2.58. The van der Waals surface area contributed by atoms with Gasteiger partial charge < -0.3 is 18.9 Å². The van der Waals surface area contributed by atoms with E-state index in [0.29, 0.717) is 0 Å². The molecule has 3 heterocycles. The summed E-state index contributed by atoms with van der Waals surface area (Å²) in [6.07, 6.45) is -6.43. The number of carbonyl (C=O) groups excluding carboxylic acids is 1. The lowest BCUT2D eigenvalue weighted by molar-refractivity contribution is -0.274. The third kappa shape index (κ3) is 4.21. The average Bonchev–Trinajstić information content (AvgIpc) is 3.26. The van der Waals surface area contributed by atoms with E-state index in [4.69, 9.17) is 8.94 Å². The lowest BCUT2D eigenvalue weighted by atomic mass is 9.94. The lowest BCUT2D eigenvalue weighted by Gasteiger charge is -2.36. The lowest BCUT2D eigenvalue weighted by Crippen LogP contribution is -2.53. The number of aromatic nitrogens is 1. The second-order valence-corrected chi connectivity index (χ2v) is 9.26. The van der Waals surface area contributed by atoms with Crippen LogP contribution in [0.1, 0.15) is 29.4 Å². The molecule has 0 aromatic carbocycles. The Labute approximate surface area is 176 Å². The third-order valence-corrected chi connectivity index (χ3v) is 7.32. The molecule has 1 amide bonds. The van der Waals surface area contributed by atoms with Crippen molar-refractivity contribution in [1.29, 1.82) is 0 Å². The standard InChI is InChI=1S/C18H22F3N3O6S/c1-11-4-5-14(29-11)17(26,18(19,20)21)10-15(25)23-6-8-24(9-7-23)31(27,28)16-12(2)22-30-13(16)3/h4-5,26H,6-10H2,1-3H3/t17-/m1/s1. The SMILES string of the molecule is Cc1ccc([C@](O)(CC(=O)N2CCN(S(=O)(=O)c3c(C)noc3C)CC2)C(F)(F)F)o1. The molecular formula is C18H22F3N3O6S. The van der Waals surface area contributed by atoms with Gasteiger partial charge in [0, 0.05) is 26.2 Å². The molecule has 1 fully saturated rings. The summed E-state index contributed by atoms with van der Waals surface area (Å²) in [5, 5.41) is 13.9. The van der Waals surface area contributed by atoms with Crippen molar-refractivity contribution in [3.05, 3.63) is 35.1 Å². The largest absolute Gasteiger partial charge is 0.463 e. The van der Waals surface area contributed by atoms with E-state index >= 15 is 0 Å². The van der Waals surface area contributed by atoms with E-state index in [1.807, 2.05) is 0 Å². The predicted octanol–water partition coefficient (Wildman–Crippen LogP) is 1.87. The van der Waals surface area contributed by atoms with Gasteiger partial charge in [-0.1, -0.05) is 5.16 Å². The Morgan fingerprint density at radius 1 is 1.16 bits per heavy atom. The van der Waals surface area contributed by atoms with Gasteiger partial charge >= 0.3 is 6.18 Å².